The number of hydrogen-bond donors (Lipinski definition) is 0. The molecule has 2 aromatic carbocycles. The number of benzene rings is 2. The molecule has 5 nitrogen and oxygen atoms in total. The number of anilines is 1. The summed E-state index contributed by atoms with van der Waals surface area (Å²) < 4.78 is 16.3. The number of piperidine rings is 1. The van der Waals surface area contributed by atoms with Crippen LogP contribution >= 0.6 is 0 Å². The molecule has 1 aliphatic rings. The molecule has 0 amide bonds. The van der Waals surface area contributed by atoms with Gasteiger partial charge in [-0.15, -0.1) is 0 Å². The number of rotatable bonds is 7. The van der Waals surface area contributed by atoms with E-state index in [1.165, 1.54) is 0 Å². The Morgan fingerprint density at radius 2 is 1.81 bits per heavy atom. The van der Waals surface area contributed by atoms with E-state index in [0.29, 0.717) is 13.2 Å². The second kappa shape index (κ2) is 8.79. The van der Waals surface area contributed by atoms with E-state index in [1.807, 2.05) is 42.5 Å². The molecule has 0 aromatic heterocycles. The van der Waals surface area contributed by atoms with Gasteiger partial charge in [-0.2, -0.15) is 5.26 Å². The zero-order valence-electron chi connectivity index (χ0n) is 16.0. The van der Waals surface area contributed by atoms with Crippen LogP contribution in [0.1, 0.15) is 18.4 Å². The fourth-order valence-corrected chi connectivity index (χ4v) is 3.59. The lowest BCUT2D eigenvalue weighted by Crippen LogP contribution is -2.42. The summed E-state index contributed by atoms with van der Waals surface area (Å²) in [5.41, 5.74) is 1.64. The fourth-order valence-electron chi connectivity index (χ4n) is 3.59. The molecule has 0 saturated carbocycles. The van der Waals surface area contributed by atoms with E-state index < -0.39 is 5.41 Å². The third kappa shape index (κ3) is 4.17. The molecule has 0 spiro atoms. The molecule has 1 saturated heterocycles. The van der Waals surface area contributed by atoms with Gasteiger partial charge in [0.05, 0.1) is 30.9 Å². The molecule has 0 unspecified atom stereocenters. The first kappa shape index (κ1) is 19.1. The maximum Gasteiger partial charge on any atom is 0.142 e. The molecule has 0 aliphatic carbocycles. The zero-order chi connectivity index (χ0) is 19.1. The molecule has 142 valence electrons. The average Bonchev–Trinajstić information content (AvgIpc) is 2.74. The second-order valence-corrected chi connectivity index (χ2v) is 6.72. The largest absolute Gasteiger partial charge is 0.497 e. The van der Waals surface area contributed by atoms with Crippen molar-refractivity contribution in [2.45, 2.75) is 18.3 Å². The number of ether oxygens (including phenoxy) is 3. The lowest BCUT2D eigenvalue weighted by molar-refractivity contribution is 0.146. The normalized spacial score (nSPS) is 15.8. The van der Waals surface area contributed by atoms with Crippen molar-refractivity contribution in [3.63, 3.8) is 0 Å². The molecule has 0 radical (unpaired) electrons. The number of para-hydroxylation sites is 2. The van der Waals surface area contributed by atoms with Gasteiger partial charge in [-0.25, -0.2) is 0 Å². The quantitative estimate of drug-likeness (QED) is 0.698. The first-order valence-corrected chi connectivity index (χ1v) is 9.24. The van der Waals surface area contributed by atoms with Crippen LogP contribution in [-0.2, 0) is 10.2 Å². The van der Waals surface area contributed by atoms with Gasteiger partial charge in [-0.3, -0.25) is 0 Å². The first-order valence-electron chi connectivity index (χ1n) is 9.24. The molecule has 1 heterocycles. The fraction of sp³-hybridized carbons (Fsp3) is 0.409. The van der Waals surface area contributed by atoms with E-state index >= 15 is 0 Å². The minimum atomic E-state index is -0.475. The van der Waals surface area contributed by atoms with Crippen molar-refractivity contribution >= 4 is 5.69 Å². The maximum atomic E-state index is 9.97. The molecule has 3 rings (SSSR count). The van der Waals surface area contributed by atoms with Gasteiger partial charge in [0, 0.05) is 20.2 Å². The number of hydrogen-bond acceptors (Lipinski definition) is 5. The molecule has 1 fully saturated rings. The molecule has 1 aliphatic heterocycles. The summed E-state index contributed by atoms with van der Waals surface area (Å²) in [5, 5.41) is 9.97. The van der Waals surface area contributed by atoms with Gasteiger partial charge < -0.3 is 19.1 Å². The predicted molar refractivity (Wildman–Crippen MR) is 106 cm³/mol. The van der Waals surface area contributed by atoms with Crippen LogP contribution in [0.3, 0.4) is 0 Å². The van der Waals surface area contributed by atoms with Crippen LogP contribution in [0.25, 0.3) is 0 Å². The topological polar surface area (TPSA) is 54.7 Å². The SMILES string of the molecule is COCCOc1ccccc1N1CCC(C#N)(c2cccc(OC)c2)CC1. The van der Waals surface area contributed by atoms with Gasteiger partial charge in [-0.1, -0.05) is 24.3 Å². The minimum absolute atomic E-state index is 0.475. The Bertz CT molecular complexity index is 792. The third-order valence-electron chi connectivity index (χ3n) is 5.20. The van der Waals surface area contributed by atoms with Crippen LogP contribution in [0.2, 0.25) is 0 Å². The number of nitriles is 1. The van der Waals surface area contributed by atoms with Crippen molar-refractivity contribution in [1.29, 1.82) is 5.26 Å². The van der Waals surface area contributed by atoms with Crippen molar-refractivity contribution in [2.75, 3.05) is 45.4 Å². The van der Waals surface area contributed by atoms with Crippen molar-refractivity contribution in [3.05, 3.63) is 54.1 Å². The third-order valence-corrected chi connectivity index (χ3v) is 5.20. The van der Waals surface area contributed by atoms with Crippen LogP contribution in [0.5, 0.6) is 11.5 Å². The molecule has 0 bridgehead atoms. The van der Waals surface area contributed by atoms with Gasteiger partial charge in [0.15, 0.2) is 0 Å². The van der Waals surface area contributed by atoms with Crippen molar-refractivity contribution < 1.29 is 14.2 Å². The van der Waals surface area contributed by atoms with Crippen molar-refractivity contribution in [2.24, 2.45) is 0 Å². The second-order valence-electron chi connectivity index (χ2n) is 6.72. The Balaban J connectivity index is 1.75. The highest BCUT2D eigenvalue weighted by Crippen LogP contribution is 2.39. The summed E-state index contributed by atoms with van der Waals surface area (Å²) in [6.45, 7) is 2.68. The van der Waals surface area contributed by atoms with Crippen LogP contribution in [0.4, 0.5) is 5.69 Å². The molecular formula is C22H26N2O3. The van der Waals surface area contributed by atoms with Crippen molar-refractivity contribution in [3.8, 4) is 17.6 Å². The van der Waals surface area contributed by atoms with Gasteiger partial charge in [0.25, 0.3) is 0 Å². The van der Waals surface area contributed by atoms with E-state index in [2.05, 4.69) is 17.0 Å². The Morgan fingerprint density at radius 1 is 1.04 bits per heavy atom. The summed E-state index contributed by atoms with van der Waals surface area (Å²) in [7, 11) is 3.32. The van der Waals surface area contributed by atoms with E-state index in [-0.39, 0.29) is 0 Å². The van der Waals surface area contributed by atoms with Crippen LogP contribution in [-0.4, -0.2) is 40.5 Å². The van der Waals surface area contributed by atoms with Crippen LogP contribution in [0, 0.1) is 11.3 Å². The molecule has 5 heteroatoms. The van der Waals surface area contributed by atoms with Gasteiger partial charge in [-0.05, 0) is 42.7 Å². The van der Waals surface area contributed by atoms with E-state index in [0.717, 1.165) is 48.7 Å². The highest BCUT2D eigenvalue weighted by atomic mass is 16.5. The number of methoxy groups -OCH3 is 2. The van der Waals surface area contributed by atoms with E-state index in [9.17, 15) is 5.26 Å². The highest BCUT2D eigenvalue weighted by Gasteiger charge is 2.37. The van der Waals surface area contributed by atoms with Crippen molar-refractivity contribution in [1.82, 2.24) is 0 Å². The Hall–Kier alpha value is -2.71. The van der Waals surface area contributed by atoms with Crippen LogP contribution < -0.4 is 14.4 Å². The minimum Gasteiger partial charge on any atom is -0.497 e. The average molecular weight is 366 g/mol. The Labute approximate surface area is 161 Å². The molecule has 0 atom stereocenters. The van der Waals surface area contributed by atoms with Gasteiger partial charge in [0.1, 0.15) is 18.1 Å². The van der Waals surface area contributed by atoms with E-state index in [4.69, 9.17) is 14.2 Å². The Morgan fingerprint density at radius 3 is 2.52 bits per heavy atom. The monoisotopic (exact) mass is 366 g/mol. The lowest BCUT2D eigenvalue weighted by Gasteiger charge is -2.39. The summed E-state index contributed by atoms with van der Waals surface area (Å²) in [6, 6.07) is 18.5. The van der Waals surface area contributed by atoms with Crippen LogP contribution in [0.15, 0.2) is 48.5 Å². The smallest absolute Gasteiger partial charge is 0.142 e. The number of nitrogens with zero attached hydrogens (tertiary/aromatic N) is 2. The summed E-state index contributed by atoms with van der Waals surface area (Å²) in [4.78, 5) is 2.30. The molecule has 0 N–H and O–H groups in total. The Kier molecular flexibility index (Phi) is 6.20. The zero-order valence-corrected chi connectivity index (χ0v) is 16.0. The maximum absolute atomic E-state index is 9.97. The van der Waals surface area contributed by atoms with E-state index in [1.54, 1.807) is 14.2 Å². The summed E-state index contributed by atoms with van der Waals surface area (Å²) >= 11 is 0. The predicted octanol–water partition coefficient (Wildman–Crippen LogP) is 3.78. The summed E-state index contributed by atoms with van der Waals surface area (Å²) in [6.07, 6.45) is 1.53. The first-order chi connectivity index (χ1) is 13.2. The molecular weight excluding hydrogens is 340 g/mol. The standard InChI is InChI=1S/C22H26N2O3/c1-25-14-15-27-21-9-4-3-8-20(21)24-12-10-22(17-23,11-13-24)18-6-5-7-19(16-18)26-2/h3-9,16H,10-15H2,1-2H3. The molecule has 27 heavy (non-hydrogen) atoms. The highest BCUT2D eigenvalue weighted by molar-refractivity contribution is 5.59. The molecule has 2 aromatic rings. The summed E-state index contributed by atoms with van der Waals surface area (Å²) in [5.74, 6) is 1.65. The van der Waals surface area contributed by atoms with Gasteiger partial charge >= 0.3 is 0 Å². The van der Waals surface area contributed by atoms with Gasteiger partial charge in [0.2, 0.25) is 0 Å². The lowest BCUT2D eigenvalue weighted by atomic mass is 9.74.